The second kappa shape index (κ2) is 9.79. The molecule has 3 fully saturated rings. The summed E-state index contributed by atoms with van der Waals surface area (Å²) in [5.41, 5.74) is 0.597. The molecule has 5 atom stereocenters. The van der Waals surface area contributed by atoms with Crippen LogP contribution in [-0.4, -0.2) is 80.4 Å². The number of benzene rings is 1. The van der Waals surface area contributed by atoms with Gasteiger partial charge in [0.2, 0.25) is 0 Å². The summed E-state index contributed by atoms with van der Waals surface area (Å²) in [4.78, 5) is 25.8. The Bertz CT molecular complexity index is 1120. The van der Waals surface area contributed by atoms with Crippen LogP contribution in [0, 0.1) is 11.2 Å². The first kappa shape index (κ1) is 24.1. The van der Waals surface area contributed by atoms with Crippen LogP contribution >= 0.6 is 11.6 Å². The molecule has 186 valence electrons. The van der Waals surface area contributed by atoms with Crippen molar-refractivity contribution in [2.75, 3.05) is 19.6 Å². The molecule has 5 unspecified atom stereocenters. The van der Waals surface area contributed by atoms with Gasteiger partial charge in [0.1, 0.15) is 23.5 Å². The lowest BCUT2D eigenvalue weighted by atomic mass is 9.99. The number of carbonyl (C=O) groups is 1. The molecule has 35 heavy (non-hydrogen) atoms. The molecule has 4 heterocycles. The topological polar surface area (TPSA) is 103 Å². The van der Waals surface area contributed by atoms with Crippen molar-refractivity contribution >= 4 is 23.2 Å². The highest BCUT2D eigenvalue weighted by Crippen LogP contribution is 2.38. The number of ether oxygens (including phenoxy) is 1. The second-order valence-corrected chi connectivity index (χ2v) is 10.1. The van der Waals surface area contributed by atoms with Crippen molar-refractivity contribution < 1.29 is 19.0 Å². The minimum Gasteiger partial charge on any atom is -0.489 e. The van der Waals surface area contributed by atoms with Crippen LogP contribution < -0.4 is 4.74 Å². The molecule has 0 aliphatic carbocycles. The Morgan fingerprint density at radius 2 is 2.06 bits per heavy atom. The monoisotopic (exact) mass is 501 g/mol. The maximum absolute atomic E-state index is 14.2. The summed E-state index contributed by atoms with van der Waals surface area (Å²) in [7, 11) is 0. The van der Waals surface area contributed by atoms with Crippen molar-refractivity contribution in [3.8, 4) is 5.75 Å². The second-order valence-electron chi connectivity index (χ2n) is 9.64. The molecule has 1 aromatic carbocycles. The number of aromatic nitrogens is 2. The Kier molecular flexibility index (Phi) is 6.74. The average molecular weight is 502 g/mol. The van der Waals surface area contributed by atoms with Crippen molar-refractivity contribution in [3.05, 3.63) is 52.8 Å². The van der Waals surface area contributed by atoms with Crippen LogP contribution in [0.1, 0.15) is 54.7 Å². The van der Waals surface area contributed by atoms with Crippen LogP contribution in [0.5, 0.6) is 5.75 Å². The third-order valence-corrected chi connectivity index (χ3v) is 7.46. The summed E-state index contributed by atoms with van der Waals surface area (Å²) in [6, 6.07) is 4.19. The molecule has 5 rings (SSSR count). The number of aliphatic hydroxyl groups excluding tert-OH is 1. The molecular formula is C25H29ClFN5O3. The number of hydrogen-bond acceptors (Lipinski definition) is 7. The van der Waals surface area contributed by atoms with Crippen molar-refractivity contribution in [2.45, 2.75) is 62.8 Å². The summed E-state index contributed by atoms with van der Waals surface area (Å²) < 4.78 is 20.4. The van der Waals surface area contributed by atoms with Crippen molar-refractivity contribution in [2.24, 2.45) is 0 Å². The van der Waals surface area contributed by atoms with E-state index in [9.17, 15) is 14.3 Å². The van der Waals surface area contributed by atoms with Gasteiger partial charge < -0.3 is 20.2 Å². The van der Waals surface area contributed by atoms with Gasteiger partial charge in [-0.2, -0.15) is 0 Å². The Morgan fingerprint density at radius 1 is 1.29 bits per heavy atom. The highest BCUT2D eigenvalue weighted by Gasteiger charge is 2.46. The van der Waals surface area contributed by atoms with Crippen molar-refractivity contribution in [1.82, 2.24) is 19.8 Å². The fourth-order valence-electron chi connectivity index (χ4n) is 5.68. The molecule has 3 aliphatic heterocycles. The highest BCUT2D eigenvalue weighted by atomic mass is 35.5. The summed E-state index contributed by atoms with van der Waals surface area (Å²) in [5, 5.41) is 19.3. The van der Waals surface area contributed by atoms with E-state index in [1.165, 1.54) is 30.6 Å². The molecule has 1 amide bonds. The number of likely N-dealkylation sites (tertiary alicyclic amines) is 1. The van der Waals surface area contributed by atoms with E-state index >= 15 is 0 Å². The molecular weight excluding hydrogens is 473 g/mol. The van der Waals surface area contributed by atoms with Gasteiger partial charge in [0, 0.05) is 49.2 Å². The molecule has 0 spiro atoms. The number of fused-ring (bicyclic) bond motifs is 2. The molecule has 3 saturated heterocycles. The zero-order valence-corrected chi connectivity index (χ0v) is 20.3. The number of carbonyl (C=O) groups excluding carboxylic acids is 1. The van der Waals surface area contributed by atoms with E-state index in [-0.39, 0.29) is 48.5 Å². The van der Waals surface area contributed by atoms with Crippen LogP contribution in [-0.2, 0) is 0 Å². The Hall–Kier alpha value is -2.62. The largest absolute Gasteiger partial charge is 0.489 e. The van der Waals surface area contributed by atoms with Gasteiger partial charge in [-0.25, -0.2) is 14.4 Å². The summed E-state index contributed by atoms with van der Waals surface area (Å²) in [6.45, 7) is 3.45. The number of halogens is 2. The maximum atomic E-state index is 14.2. The average Bonchev–Trinajstić information content (AvgIpc) is 3.29. The van der Waals surface area contributed by atoms with E-state index in [2.05, 4.69) is 21.8 Å². The van der Waals surface area contributed by atoms with E-state index in [0.29, 0.717) is 29.4 Å². The van der Waals surface area contributed by atoms with Crippen molar-refractivity contribution in [1.29, 1.82) is 5.41 Å². The van der Waals surface area contributed by atoms with Crippen LogP contribution in [0.2, 0.25) is 5.02 Å². The first-order valence-electron chi connectivity index (χ1n) is 12.1. The van der Waals surface area contributed by atoms with Gasteiger partial charge >= 0.3 is 0 Å². The molecule has 2 aromatic rings. The van der Waals surface area contributed by atoms with Crippen LogP contribution in [0.4, 0.5) is 4.39 Å². The number of amides is 1. The zero-order valence-electron chi connectivity index (χ0n) is 19.5. The van der Waals surface area contributed by atoms with Gasteiger partial charge in [-0.3, -0.25) is 9.69 Å². The van der Waals surface area contributed by atoms with Crippen LogP contribution in [0.25, 0.3) is 0 Å². The van der Waals surface area contributed by atoms with Gasteiger partial charge in [-0.15, -0.1) is 0 Å². The molecule has 0 saturated carbocycles. The van der Waals surface area contributed by atoms with Gasteiger partial charge in [-0.05, 0) is 37.9 Å². The minimum absolute atomic E-state index is 0.0191. The SMILES string of the molecule is CCCN1C2CC(Oc3cc(F)ccc3C(=O)N3CC(=N)C(c4ncc(Cl)cn4)C3)CC1C(O)C2. The van der Waals surface area contributed by atoms with Crippen LogP contribution in [0.15, 0.2) is 30.6 Å². The third kappa shape index (κ3) is 4.77. The fraction of sp³-hybridized carbons (Fsp3) is 0.520. The Balaban J connectivity index is 1.32. The molecule has 2 N–H and O–H groups in total. The Labute approximate surface area is 208 Å². The number of piperidine rings is 1. The van der Waals surface area contributed by atoms with E-state index in [1.54, 1.807) is 4.90 Å². The molecule has 0 radical (unpaired) electrons. The fourth-order valence-corrected chi connectivity index (χ4v) is 5.78. The predicted molar refractivity (Wildman–Crippen MR) is 129 cm³/mol. The zero-order chi connectivity index (χ0) is 24.7. The summed E-state index contributed by atoms with van der Waals surface area (Å²) in [5.74, 6) is -0.577. The number of hydrogen-bond donors (Lipinski definition) is 2. The molecule has 8 nitrogen and oxygen atoms in total. The van der Waals surface area contributed by atoms with E-state index in [1.807, 2.05) is 0 Å². The van der Waals surface area contributed by atoms with E-state index < -0.39 is 17.8 Å². The van der Waals surface area contributed by atoms with Crippen molar-refractivity contribution in [3.63, 3.8) is 0 Å². The number of nitrogens with zero attached hydrogens (tertiary/aromatic N) is 4. The maximum Gasteiger partial charge on any atom is 0.257 e. The molecule has 1 aromatic heterocycles. The first-order chi connectivity index (χ1) is 16.8. The van der Waals surface area contributed by atoms with Crippen LogP contribution in [0.3, 0.4) is 0 Å². The van der Waals surface area contributed by atoms with E-state index in [0.717, 1.165) is 19.4 Å². The molecule has 10 heteroatoms. The van der Waals surface area contributed by atoms with Gasteiger partial charge in [0.25, 0.3) is 5.91 Å². The number of aliphatic hydroxyl groups is 1. The standard InChI is InChI=1S/C25H29ClFN5O3/c1-2-5-32-16-7-17(9-21(32)22(33)8-16)35-23-6-15(27)3-4-18(23)25(34)31-12-19(20(28)13-31)24-29-10-14(26)11-30-24/h3-4,6,10-11,16-17,19,21-22,28,33H,2,5,7-9,12-13H2,1H3. The van der Waals surface area contributed by atoms with Gasteiger partial charge in [-0.1, -0.05) is 18.5 Å². The summed E-state index contributed by atoms with van der Waals surface area (Å²) in [6.07, 6.45) is 5.43. The lowest BCUT2D eigenvalue weighted by Crippen LogP contribution is -2.48. The third-order valence-electron chi connectivity index (χ3n) is 7.27. The summed E-state index contributed by atoms with van der Waals surface area (Å²) >= 11 is 5.87. The normalized spacial score (nSPS) is 28.5. The first-order valence-corrected chi connectivity index (χ1v) is 12.5. The smallest absolute Gasteiger partial charge is 0.257 e. The van der Waals surface area contributed by atoms with Gasteiger partial charge in [0.15, 0.2) is 0 Å². The highest BCUT2D eigenvalue weighted by molar-refractivity contribution is 6.30. The quantitative estimate of drug-likeness (QED) is 0.629. The van der Waals surface area contributed by atoms with E-state index in [4.69, 9.17) is 21.7 Å². The lowest BCUT2D eigenvalue weighted by molar-refractivity contribution is 0.0248. The molecule has 3 aliphatic rings. The lowest BCUT2D eigenvalue weighted by Gasteiger charge is -2.39. The predicted octanol–water partition coefficient (Wildman–Crippen LogP) is 3.28. The Morgan fingerprint density at radius 3 is 2.77 bits per heavy atom. The minimum atomic E-state index is -0.482. The number of nitrogens with one attached hydrogen (secondary N) is 1. The van der Waals surface area contributed by atoms with Gasteiger partial charge in [0.05, 0.1) is 29.2 Å². The number of rotatable bonds is 6. The molecule has 2 bridgehead atoms.